The highest BCUT2D eigenvalue weighted by Crippen LogP contribution is 2.26. The van der Waals surface area contributed by atoms with Crippen LogP contribution in [0, 0.1) is 6.92 Å². The minimum absolute atomic E-state index is 0.202. The number of nitrogens with two attached hydrogens (primary N) is 1. The van der Waals surface area contributed by atoms with Gasteiger partial charge in [-0.25, -0.2) is 0 Å². The number of anilines is 1. The van der Waals surface area contributed by atoms with E-state index in [0.717, 1.165) is 30.8 Å². The minimum atomic E-state index is 0.202. The minimum Gasteiger partial charge on any atom is -0.389 e. The summed E-state index contributed by atoms with van der Waals surface area (Å²) in [6, 6.07) is 6.36. The van der Waals surface area contributed by atoms with E-state index in [1.54, 1.807) is 0 Å². The van der Waals surface area contributed by atoms with E-state index in [1.807, 2.05) is 6.07 Å². The predicted octanol–water partition coefficient (Wildman–Crippen LogP) is 2.16. The summed E-state index contributed by atoms with van der Waals surface area (Å²) < 4.78 is 0. The standard InChI is InChI=1S/C15H23N3S/c1-11-9-12(5-6-13(11)14(16)19)18-8-7-17(4)15(2,3)10-18/h5-6,9H,7-8,10H2,1-4H3,(H2,16,19). The summed E-state index contributed by atoms with van der Waals surface area (Å²) in [5.41, 5.74) is 9.31. The molecule has 2 N–H and O–H groups in total. The highest BCUT2D eigenvalue weighted by atomic mass is 32.1. The van der Waals surface area contributed by atoms with Gasteiger partial charge in [0.15, 0.2) is 0 Å². The molecule has 19 heavy (non-hydrogen) atoms. The summed E-state index contributed by atoms with van der Waals surface area (Å²) in [4.78, 5) is 5.33. The SMILES string of the molecule is Cc1cc(N2CCN(C)C(C)(C)C2)ccc1C(N)=S. The van der Waals surface area contributed by atoms with Crippen molar-refractivity contribution in [3.05, 3.63) is 29.3 Å². The first-order valence-corrected chi connectivity index (χ1v) is 7.09. The second kappa shape index (κ2) is 5.10. The van der Waals surface area contributed by atoms with Crippen LogP contribution in [0.25, 0.3) is 0 Å². The number of benzene rings is 1. The molecule has 0 spiro atoms. The van der Waals surface area contributed by atoms with Gasteiger partial charge in [-0.15, -0.1) is 0 Å². The van der Waals surface area contributed by atoms with Crippen LogP contribution < -0.4 is 10.6 Å². The molecule has 3 nitrogen and oxygen atoms in total. The van der Waals surface area contributed by atoms with Crippen molar-refractivity contribution in [3.8, 4) is 0 Å². The number of likely N-dealkylation sites (N-methyl/N-ethyl adjacent to an activating group) is 1. The number of piperazine rings is 1. The lowest BCUT2D eigenvalue weighted by Crippen LogP contribution is -2.57. The molecule has 0 unspecified atom stereocenters. The molecule has 1 saturated heterocycles. The summed E-state index contributed by atoms with van der Waals surface area (Å²) in [6.45, 7) is 9.83. The maximum atomic E-state index is 5.72. The lowest BCUT2D eigenvalue weighted by Gasteiger charge is -2.46. The summed E-state index contributed by atoms with van der Waals surface area (Å²) in [5.74, 6) is 0. The molecule has 0 amide bonds. The summed E-state index contributed by atoms with van der Waals surface area (Å²) in [6.07, 6.45) is 0. The fraction of sp³-hybridized carbons (Fsp3) is 0.533. The molecule has 1 fully saturated rings. The average Bonchev–Trinajstić information content (AvgIpc) is 2.32. The maximum absolute atomic E-state index is 5.72. The highest BCUT2D eigenvalue weighted by Gasteiger charge is 2.31. The molecular weight excluding hydrogens is 254 g/mol. The Kier molecular flexibility index (Phi) is 3.83. The molecule has 1 heterocycles. The van der Waals surface area contributed by atoms with Gasteiger partial charge >= 0.3 is 0 Å². The third-order valence-electron chi connectivity index (χ3n) is 4.16. The van der Waals surface area contributed by atoms with Crippen molar-refractivity contribution in [1.82, 2.24) is 4.90 Å². The van der Waals surface area contributed by atoms with Crippen LogP contribution in [0.3, 0.4) is 0 Å². The second-order valence-corrected chi connectivity index (χ2v) is 6.46. The van der Waals surface area contributed by atoms with Crippen LogP contribution in [0.1, 0.15) is 25.0 Å². The van der Waals surface area contributed by atoms with E-state index in [4.69, 9.17) is 18.0 Å². The van der Waals surface area contributed by atoms with Gasteiger partial charge in [-0.3, -0.25) is 4.90 Å². The Bertz CT molecular complexity index is 496. The van der Waals surface area contributed by atoms with Crippen LogP contribution >= 0.6 is 12.2 Å². The van der Waals surface area contributed by atoms with Crippen molar-refractivity contribution in [2.75, 3.05) is 31.6 Å². The van der Waals surface area contributed by atoms with E-state index in [1.165, 1.54) is 5.69 Å². The Morgan fingerprint density at radius 3 is 2.53 bits per heavy atom. The van der Waals surface area contributed by atoms with Crippen molar-refractivity contribution in [1.29, 1.82) is 0 Å². The fourth-order valence-electron chi connectivity index (χ4n) is 2.58. The smallest absolute Gasteiger partial charge is 0.104 e. The molecule has 1 aromatic rings. The molecule has 2 rings (SSSR count). The summed E-state index contributed by atoms with van der Waals surface area (Å²) in [7, 11) is 2.19. The van der Waals surface area contributed by atoms with E-state index in [-0.39, 0.29) is 5.54 Å². The molecule has 0 aliphatic carbocycles. The zero-order valence-corrected chi connectivity index (χ0v) is 13.0. The number of thiocarbonyl (C=S) groups is 1. The number of hydrogen-bond acceptors (Lipinski definition) is 3. The van der Waals surface area contributed by atoms with Crippen molar-refractivity contribution >= 4 is 22.9 Å². The lowest BCUT2D eigenvalue weighted by molar-refractivity contribution is 0.139. The van der Waals surface area contributed by atoms with E-state index >= 15 is 0 Å². The molecule has 1 aliphatic heterocycles. The van der Waals surface area contributed by atoms with Crippen molar-refractivity contribution < 1.29 is 0 Å². The monoisotopic (exact) mass is 277 g/mol. The molecule has 4 heteroatoms. The Hall–Kier alpha value is -1.13. The second-order valence-electron chi connectivity index (χ2n) is 6.02. The predicted molar refractivity (Wildman–Crippen MR) is 86.0 cm³/mol. The Morgan fingerprint density at radius 2 is 2.00 bits per heavy atom. The zero-order chi connectivity index (χ0) is 14.2. The van der Waals surface area contributed by atoms with Gasteiger partial charge in [-0.2, -0.15) is 0 Å². The van der Waals surface area contributed by atoms with Gasteiger partial charge in [-0.1, -0.05) is 12.2 Å². The van der Waals surface area contributed by atoms with Crippen LogP contribution in [0.4, 0.5) is 5.69 Å². The van der Waals surface area contributed by atoms with Gasteiger partial charge in [0.25, 0.3) is 0 Å². The highest BCUT2D eigenvalue weighted by molar-refractivity contribution is 7.80. The summed E-state index contributed by atoms with van der Waals surface area (Å²) >= 11 is 5.06. The van der Waals surface area contributed by atoms with Crippen LogP contribution in [-0.2, 0) is 0 Å². The molecule has 1 aromatic carbocycles. The van der Waals surface area contributed by atoms with Crippen LogP contribution in [0.5, 0.6) is 0 Å². The third kappa shape index (κ3) is 2.90. The van der Waals surface area contributed by atoms with E-state index in [2.05, 4.69) is 49.8 Å². The molecule has 0 radical (unpaired) electrons. The number of aryl methyl sites for hydroxylation is 1. The molecule has 104 valence electrons. The molecule has 0 bridgehead atoms. The van der Waals surface area contributed by atoms with Gasteiger partial charge in [0.05, 0.1) is 0 Å². The lowest BCUT2D eigenvalue weighted by atomic mass is 9.98. The van der Waals surface area contributed by atoms with Gasteiger partial charge in [0, 0.05) is 36.4 Å². The largest absolute Gasteiger partial charge is 0.389 e. The summed E-state index contributed by atoms with van der Waals surface area (Å²) in [5, 5.41) is 0. The topological polar surface area (TPSA) is 32.5 Å². The Labute approximate surface area is 121 Å². The first-order valence-electron chi connectivity index (χ1n) is 6.68. The van der Waals surface area contributed by atoms with E-state index < -0.39 is 0 Å². The van der Waals surface area contributed by atoms with Gasteiger partial charge in [0.1, 0.15) is 4.99 Å². The maximum Gasteiger partial charge on any atom is 0.104 e. The van der Waals surface area contributed by atoms with Crippen LogP contribution in [-0.4, -0.2) is 42.1 Å². The molecule has 0 saturated carbocycles. The molecule has 0 aromatic heterocycles. The normalized spacial score (nSPS) is 19.5. The zero-order valence-electron chi connectivity index (χ0n) is 12.2. The van der Waals surface area contributed by atoms with Crippen molar-refractivity contribution in [3.63, 3.8) is 0 Å². The van der Waals surface area contributed by atoms with Crippen molar-refractivity contribution in [2.45, 2.75) is 26.3 Å². The number of hydrogen-bond donors (Lipinski definition) is 1. The number of nitrogens with zero attached hydrogens (tertiary/aromatic N) is 2. The Morgan fingerprint density at radius 1 is 1.32 bits per heavy atom. The molecular formula is C15H23N3S. The van der Waals surface area contributed by atoms with E-state index in [0.29, 0.717) is 4.99 Å². The quantitative estimate of drug-likeness (QED) is 0.840. The average molecular weight is 277 g/mol. The fourth-order valence-corrected chi connectivity index (χ4v) is 2.81. The number of rotatable bonds is 2. The first-order chi connectivity index (χ1) is 8.81. The van der Waals surface area contributed by atoms with Gasteiger partial charge < -0.3 is 10.6 Å². The molecule has 1 aliphatic rings. The molecule has 0 atom stereocenters. The van der Waals surface area contributed by atoms with Crippen molar-refractivity contribution in [2.24, 2.45) is 5.73 Å². The Balaban J connectivity index is 2.24. The van der Waals surface area contributed by atoms with Crippen LogP contribution in [0.2, 0.25) is 0 Å². The van der Waals surface area contributed by atoms with Gasteiger partial charge in [0.2, 0.25) is 0 Å². The first kappa shape index (κ1) is 14.3. The third-order valence-corrected chi connectivity index (χ3v) is 4.38. The van der Waals surface area contributed by atoms with E-state index in [9.17, 15) is 0 Å². The van der Waals surface area contributed by atoms with Crippen LogP contribution in [0.15, 0.2) is 18.2 Å². The van der Waals surface area contributed by atoms with Gasteiger partial charge in [-0.05, 0) is 51.6 Å².